The molecule has 1 fully saturated rings. The van der Waals surface area contributed by atoms with Gasteiger partial charge in [-0.3, -0.25) is 14.4 Å². The van der Waals surface area contributed by atoms with E-state index in [2.05, 4.69) is 0 Å². The van der Waals surface area contributed by atoms with Gasteiger partial charge in [0.25, 0.3) is 0 Å². The fourth-order valence-corrected chi connectivity index (χ4v) is 4.11. The van der Waals surface area contributed by atoms with Crippen molar-refractivity contribution >= 4 is 17.7 Å². The van der Waals surface area contributed by atoms with Crippen LogP contribution in [0, 0.1) is 11.8 Å². The second-order valence-corrected chi connectivity index (χ2v) is 7.92. The number of Topliss-reactive ketones (excluding diaryl/α,β-unsaturated/α-hetero) is 1. The van der Waals surface area contributed by atoms with Gasteiger partial charge in [-0.25, -0.2) is 0 Å². The van der Waals surface area contributed by atoms with E-state index in [1.165, 1.54) is 35.4 Å². The molecule has 0 radical (unpaired) electrons. The van der Waals surface area contributed by atoms with Crippen LogP contribution in [0.2, 0.25) is 0 Å². The van der Waals surface area contributed by atoms with Gasteiger partial charge in [0.2, 0.25) is 0 Å². The minimum atomic E-state index is -1.76. The van der Waals surface area contributed by atoms with Crippen LogP contribution >= 0.6 is 0 Å². The van der Waals surface area contributed by atoms with Crippen LogP contribution in [0.4, 0.5) is 0 Å². The Bertz CT molecular complexity index is 835. The first-order valence-corrected chi connectivity index (χ1v) is 10.5. The van der Waals surface area contributed by atoms with Crippen LogP contribution in [0.25, 0.3) is 0 Å². The molecule has 10 heteroatoms. The molecule has 0 bridgehead atoms. The highest BCUT2D eigenvalue weighted by Crippen LogP contribution is 2.48. The molecule has 184 valence electrons. The van der Waals surface area contributed by atoms with E-state index in [9.17, 15) is 19.5 Å². The Morgan fingerprint density at radius 3 is 2.06 bits per heavy atom. The Morgan fingerprint density at radius 2 is 1.52 bits per heavy atom. The summed E-state index contributed by atoms with van der Waals surface area (Å²) >= 11 is 0. The molecule has 1 aliphatic rings. The molecule has 0 spiro atoms. The van der Waals surface area contributed by atoms with Crippen LogP contribution in [0.5, 0.6) is 11.5 Å². The summed E-state index contributed by atoms with van der Waals surface area (Å²) < 4.78 is 31.0. The molecule has 0 aromatic heterocycles. The molecule has 0 aliphatic heterocycles. The van der Waals surface area contributed by atoms with E-state index in [4.69, 9.17) is 28.4 Å². The lowest BCUT2D eigenvalue weighted by molar-refractivity contribution is -0.174. The molecule has 2 rings (SSSR count). The number of hydrogen-bond donors (Lipinski definition) is 1. The molecule has 1 aromatic carbocycles. The second-order valence-electron chi connectivity index (χ2n) is 7.92. The van der Waals surface area contributed by atoms with Gasteiger partial charge < -0.3 is 33.5 Å². The van der Waals surface area contributed by atoms with Gasteiger partial charge in [-0.05, 0) is 24.6 Å². The number of benzene rings is 1. The van der Waals surface area contributed by atoms with Gasteiger partial charge in [0, 0.05) is 26.6 Å². The average molecular weight is 468 g/mol. The minimum absolute atomic E-state index is 0.0442. The number of ether oxygens (including phenoxy) is 6. The van der Waals surface area contributed by atoms with E-state index in [1.54, 1.807) is 18.2 Å². The maximum atomic E-state index is 13.1. The Kier molecular flexibility index (Phi) is 9.63. The van der Waals surface area contributed by atoms with Crippen LogP contribution in [-0.2, 0) is 33.3 Å². The largest absolute Gasteiger partial charge is 0.493 e. The zero-order valence-electron chi connectivity index (χ0n) is 19.6. The Balaban J connectivity index is 2.57. The van der Waals surface area contributed by atoms with E-state index in [0.717, 1.165) is 0 Å². The van der Waals surface area contributed by atoms with E-state index in [1.807, 2.05) is 0 Å². The molecular formula is C23H32O10. The molecule has 33 heavy (non-hydrogen) atoms. The Morgan fingerprint density at radius 1 is 0.939 bits per heavy atom. The predicted octanol–water partition coefficient (Wildman–Crippen LogP) is 1.12. The third kappa shape index (κ3) is 6.21. The normalized spacial score (nSPS) is 24.8. The molecule has 1 saturated carbocycles. The van der Waals surface area contributed by atoms with Crippen molar-refractivity contribution in [1.82, 2.24) is 0 Å². The maximum Gasteiger partial charge on any atom is 0.317 e. The SMILES string of the molecule is COCCOC(=O)C1C(=O)CC(C)(O)C(C(=O)OCCOC)C1c1ccc(OC)c(OC)c1. The lowest BCUT2D eigenvalue weighted by atomic mass is 9.61. The van der Waals surface area contributed by atoms with Crippen molar-refractivity contribution in [2.75, 3.05) is 54.9 Å². The maximum absolute atomic E-state index is 13.1. The van der Waals surface area contributed by atoms with E-state index >= 15 is 0 Å². The number of hydrogen-bond acceptors (Lipinski definition) is 10. The number of rotatable bonds is 11. The van der Waals surface area contributed by atoms with Gasteiger partial charge in [0.1, 0.15) is 19.1 Å². The predicted molar refractivity (Wildman–Crippen MR) is 115 cm³/mol. The molecule has 0 amide bonds. The molecule has 1 aromatic rings. The summed E-state index contributed by atoms with van der Waals surface area (Å²) in [6.07, 6.45) is -0.412. The number of methoxy groups -OCH3 is 4. The van der Waals surface area contributed by atoms with Crippen LogP contribution in [0.15, 0.2) is 18.2 Å². The molecule has 4 unspecified atom stereocenters. The molecule has 10 nitrogen and oxygen atoms in total. The number of esters is 2. The van der Waals surface area contributed by atoms with Crippen LogP contribution in [0.1, 0.15) is 24.8 Å². The topological polar surface area (TPSA) is 127 Å². The quantitative estimate of drug-likeness (QED) is 0.287. The molecule has 1 aliphatic carbocycles. The van der Waals surface area contributed by atoms with Crippen LogP contribution in [-0.4, -0.2) is 83.3 Å². The van der Waals surface area contributed by atoms with Gasteiger partial charge in [-0.15, -0.1) is 0 Å². The average Bonchev–Trinajstić information content (AvgIpc) is 2.77. The lowest BCUT2D eigenvalue weighted by Crippen LogP contribution is -2.55. The smallest absolute Gasteiger partial charge is 0.317 e. The van der Waals surface area contributed by atoms with Crippen LogP contribution < -0.4 is 9.47 Å². The third-order valence-corrected chi connectivity index (χ3v) is 5.63. The lowest BCUT2D eigenvalue weighted by Gasteiger charge is -2.43. The first-order chi connectivity index (χ1) is 15.7. The van der Waals surface area contributed by atoms with Crippen molar-refractivity contribution in [3.8, 4) is 11.5 Å². The third-order valence-electron chi connectivity index (χ3n) is 5.63. The summed E-state index contributed by atoms with van der Waals surface area (Å²) in [4.78, 5) is 39.1. The summed E-state index contributed by atoms with van der Waals surface area (Å²) in [6.45, 7) is 1.58. The number of carbonyl (C=O) groups excluding carboxylic acids is 3. The Labute approximate surface area is 193 Å². The zero-order valence-corrected chi connectivity index (χ0v) is 19.6. The van der Waals surface area contributed by atoms with Crippen molar-refractivity contribution < 1.29 is 47.9 Å². The summed E-state index contributed by atoms with van der Waals surface area (Å²) in [5, 5.41) is 11.1. The molecular weight excluding hydrogens is 436 g/mol. The monoisotopic (exact) mass is 468 g/mol. The van der Waals surface area contributed by atoms with Crippen molar-refractivity contribution in [2.45, 2.75) is 24.9 Å². The first-order valence-electron chi connectivity index (χ1n) is 10.5. The molecule has 0 saturated heterocycles. The van der Waals surface area contributed by atoms with Crippen molar-refractivity contribution in [1.29, 1.82) is 0 Å². The van der Waals surface area contributed by atoms with Crippen molar-refractivity contribution in [3.05, 3.63) is 23.8 Å². The first kappa shape index (κ1) is 26.6. The standard InChI is InChI=1S/C23H32O10/c1-23(27)13-15(24)19(21(25)32-10-8-28-2)18(20(23)22(26)33-11-9-29-3)14-6-7-16(30-4)17(12-14)31-5/h6-7,12,18-20,27H,8-11,13H2,1-5H3. The Hall–Kier alpha value is -2.69. The molecule has 4 atom stereocenters. The number of aliphatic hydroxyl groups is 1. The van der Waals surface area contributed by atoms with Crippen molar-refractivity contribution in [3.63, 3.8) is 0 Å². The fraction of sp³-hybridized carbons (Fsp3) is 0.609. The highest BCUT2D eigenvalue weighted by molar-refractivity contribution is 6.02. The van der Waals surface area contributed by atoms with Gasteiger partial charge in [0.05, 0.1) is 39.0 Å². The minimum Gasteiger partial charge on any atom is -0.493 e. The second kappa shape index (κ2) is 12.0. The van der Waals surface area contributed by atoms with E-state index in [0.29, 0.717) is 17.1 Å². The zero-order chi connectivity index (χ0) is 24.6. The summed E-state index contributed by atoms with van der Waals surface area (Å²) in [6, 6.07) is 4.79. The van der Waals surface area contributed by atoms with Crippen molar-refractivity contribution in [2.24, 2.45) is 11.8 Å². The van der Waals surface area contributed by atoms with Gasteiger partial charge in [-0.2, -0.15) is 0 Å². The fourth-order valence-electron chi connectivity index (χ4n) is 4.11. The molecule has 0 heterocycles. The highest BCUT2D eigenvalue weighted by atomic mass is 16.6. The van der Waals surface area contributed by atoms with Gasteiger partial charge >= 0.3 is 11.9 Å². The van der Waals surface area contributed by atoms with Crippen LogP contribution in [0.3, 0.4) is 0 Å². The number of carbonyl (C=O) groups is 3. The highest BCUT2D eigenvalue weighted by Gasteiger charge is 2.57. The summed E-state index contributed by atoms with van der Waals surface area (Å²) in [5.41, 5.74) is -1.34. The molecule has 1 N–H and O–H groups in total. The van der Waals surface area contributed by atoms with Gasteiger partial charge in [-0.1, -0.05) is 6.07 Å². The van der Waals surface area contributed by atoms with E-state index < -0.39 is 47.5 Å². The number of ketones is 1. The van der Waals surface area contributed by atoms with Gasteiger partial charge in [0.15, 0.2) is 17.3 Å². The summed E-state index contributed by atoms with van der Waals surface area (Å²) in [7, 11) is 5.83. The summed E-state index contributed by atoms with van der Waals surface area (Å²) in [5.74, 6) is -4.96. The van der Waals surface area contributed by atoms with E-state index in [-0.39, 0.29) is 26.4 Å².